The second-order valence-electron chi connectivity index (χ2n) is 5.87. The molecule has 0 aliphatic carbocycles. The summed E-state index contributed by atoms with van der Waals surface area (Å²) in [6.07, 6.45) is 3.38. The highest BCUT2D eigenvalue weighted by molar-refractivity contribution is 6.05. The van der Waals surface area contributed by atoms with Crippen molar-refractivity contribution >= 4 is 16.9 Å². The molecule has 1 aromatic heterocycles. The number of piperidine rings is 1. The molecule has 0 radical (unpaired) electrons. The average molecular weight is 271 g/mol. The Kier molecular flexibility index (Phi) is 3.24. The van der Waals surface area contributed by atoms with Gasteiger partial charge in [-0.15, -0.1) is 0 Å². The Labute approximate surface area is 119 Å². The molecule has 1 aliphatic rings. The summed E-state index contributed by atoms with van der Waals surface area (Å²) in [6.45, 7) is 6.20. The highest BCUT2D eigenvalue weighted by Gasteiger charge is 2.30. The largest absolute Gasteiger partial charge is 0.342 e. The second kappa shape index (κ2) is 4.93. The van der Waals surface area contributed by atoms with Gasteiger partial charge in [0.25, 0.3) is 5.91 Å². The molecule has 1 fully saturated rings. The minimum atomic E-state index is 0.113. The molecule has 1 aromatic carbocycles. The quantitative estimate of drug-likeness (QED) is 0.865. The molecular weight excluding hydrogens is 250 g/mol. The number of amides is 1. The summed E-state index contributed by atoms with van der Waals surface area (Å²) >= 11 is 0. The average Bonchev–Trinajstić information content (AvgIpc) is 2.78. The van der Waals surface area contributed by atoms with Gasteiger partial charge in [-0.2, -0.15) is 0 Å². The Bertz CT molecular complexity index is 636. The van der Waals surface area contributed by atoms with E-state index in [-0.39, 0.29) is 5.91 Å². The molecule has 3 rings (SSSR count). The molecule has 20 heavy (non-hydrogen) atoms. The number of fused-ring (bicyclic) bond motifs is 1. The molecule has 1 aliphatic heterocycles. The predicted octanol–water partition coefficient (Wildman–Crippen LogP) is 3.27. The molecule has 106 valence electrons. The number of nitrogens with one attached hydrogen (secondary N) is 1. The van der Waals surface area contributed by atoms with E-state index in [0.717, 1.165) is 29.7 Å². The first-order chi connectivity index (χ1) is 9.58. The summed E-state index contributed by atoms with van der Waals surface area (Å²) in [5.41, 5.74) is 2.44. The van der Waals surface area contributed by atoms with Crippen LogP contribution >= 0.6 is 0 Å². The van der Waals surface area contributed by atoms with Crippen LogP contribution in [0.25, 0.3) is 11.0 Å². The molecule has 1 N–H and O–H groups in total. The molecule has 2 heterocycles. The van der Waals surface area contributed by atoms with Crippen molar-refractivity contribution in [3.8, 4) is 0 Å². The Hall–Kier alpha value is -1.84. The second-order valence-corrected chi connectivity index (χ2v) is 5.87. The van der Waals surface area contributed by atoms with Crippen LogP contribution in [0, 0.1) is 6.92 Å². The number of carbonyl (C=O) groups is 1. The lowest BCUT2D eigenvalue weighted by atomic mass is 9.96. The van der Waals surface area contributed by atoms with Crippen LogP contribution in [0.4, 0.5) is 0 Å². The van der Waals surface area contributed by atoms with Gasteiger partial charge in [0, 0.05) is 12.1 Å². The van der Waals surface area contributed by atoms with Crippen molar-refractivity contribution in [3.63, 3.8) is 0 Å². The number of imidazole rings is 1. The van der Waals surface area contributed by atoms with Crippen molar-refractivity contribution in [2.75, 3.05) is 0 Å². The molecule has 2 aromatic rings. The van der Waals surface area contributed by atoms with E-state index in [4.69, 9.17) is 0 Å². The SMILES string of the molecule is Cc1nc2c(C(=O)N3C(C)CCCC3C)cccc2[nH]1. The highest BCUT2D eigenvalue weighted by Crippen LogP contribution is 2.26. The van der Waals surface area contributed by atoms with Gasteiger partial charge < -0.3 is 9.88 Å². The van der Waals surface area contributed by atoms with Gasteiger partial charge in [0.1, 0.15) is 11.3 Å². The first-order valence-electron chi connectivity index (χ1n) is 7.36. The van der Waals surface area contributed by atoms with Gasteiger partial charge >= 0.3 is 0 Å². The standard InChI is InChI=1S/C16H21N3O/c1-10-6-4-7-11(2)19(10)16(20)13-8-5-9-14-15(13)18-12(3)17-14/h5,8-11H,4,6-7H2,1-3H3,(H,17,18). The van der Waals surface area contributed by atoms with E-state index >= 15 is 0 Å². The molecule has 4 nitrogen and oxygen atoms in total. The monoisotopic (exact) mass is 271 g/mol. The lowest BCUT2D eigenvalue weighted by molar-refractivity contribution is 0.0512. The Morgan fingerprint density at radius 3 is 2.70 bits per heavy atom. The number of nitrogens with zero attached hydrogens (tertiary/aromatic N) is 2. The fraction of sp³-hybridized carbons (Fsp3) is 0.500. The predicted molar refractivity (Wildman–Crippen MR) is 79.8 cm³/mol. The number of rotatable bonds is 1. The van der Waals surface area contributed by atoms with E-state index in [0.29, 0.717) is 17.6 Å². The zero-order valence-electron chi connectivity index (χ0n) is 12.3. The summed E-state index contributed by atoms with van der Waals surface area (Å²) in [5, 5.41) is 0. The normalized spacial score (nSPS) is 23.2. The topological polar surface area (TPSA) is 49.0 Å². The van der Waals surface area contributed by atoms with Crippen LogP contribution in [-0.2, 0) is 0 Å². The van der Waals surface area contributed by atoms with E-state index in [2.05, 4.69) is 23.8 Å². The van der Waals surface area contributed by atoms with Crippen LogP contribution in [0.1, 0.15) is 49.3 Å². The number of H-pyrrole nitrogens is 1. The van der Waals surface area contributed by atoms with Gasteiger partial charge in [-0.1, -0.05) is 6.07 Å². The number of hydrogen-bond donors (Lipinski definition) is 1. The third-order valence-corrected chi connectivity index (χ3v) is 4.29. The molecule has 0 saturated carbocycles. The van der Waals surface area contributed by atoms with Crippen LogP contribution in [0.5, 0.6) is 0 Å². The third kappa shape index (κ3) is 2.09. The van der Waals surface area contributed by atoms with Crippen molar-refractivity contribution in [2.45, 2.75) is 52.1 Å². The van der Waals surface area contributed by atoms with E-state index in [1.807, 2.05) is 30.0 Å². The minimum absolute atomic E-state index is 0.113. The van der Waals surface area contributed by atoms with E-state index in [1.54, 1.807) is 0 Å². The first-order valence-corrected chi connectivity index (χ1v) is 7.36. The maximum absolute atomic E-state index is 12.9. The van der Waals surface area contributed by atoms with Gasteiger partial charge in [-0.05, 0) is 52.2 Å². The van der Waals surface area contributed by atoms with Crippen LogP contribution in [0.2, 0.25) is 0 Å². The van der Waals surface area contributed by atoms with Crippen molar-refractivity contribution in [3.05, 3.63) is 29.6 Å². The molecule has 1 amide bonds. The molecular formula is C16H21N3O. The molecule has 1 saturated heterocycles. The van der Waals surface area contributed by atoms with Crippen molar-refractivity contribution < 1.29 is 4.79 Å². The van der Waals surface area contributed by atoms with Crippen molar-refractivity contribution in [1.82, 2.24) is 14.9 Å². The Morgan fingerprint density at radius 1 is 1.30 bits per heavy atom. The van der Waals surface area contributed by atoms with Crippen LogP contribution in [0.3, 0.4) is 0 Å². The van der Waals surface area contributed by atoms with E-state index < -0.39 is 0 Å². The van der Waals surface area contributed by atoms with Crippen molar-refractivity contribution in [2.24, 2.45) is 0 Å². The number of carbonyl (C=O) groups excluding carboxylic acids is 1. The summed E-state index contributed by atoms with van der Waals surface area (Å²) in [4.78, 5) is 22.6. The van der Waals surface area contributed by atoms with E-state index in [1.165, 1.54) is 6.42 Å². The maximum atomic E-state index is 12.9. The van der Waals surface area contributed by atoms with Gasteiger partial charge in [0.15, 0.2) is 0 Å². The molecule has 2 unspecified atom stereocenters. The number of aromatic nitrogens is 2. The van der Waals surface area contributed by atoms with E-state index in [9.17, 15) is 4.79 Å². The minimum Gasteiger partial charge on any atom is -0.342 e. The van der Waals surface area contributed by atoms with Gasteiger partial charge in [-0.3, -0.25) is 4.79 Å². The van der Waals surface area contributed by atoms with Gasteiger partial charge in [-0.25, -0.2) is 4.98 Å². The smallest absolute Gasteiger partial charge is 0.256 e. The highest BCUT2D eigenvalue weighted by atomic mass is 16.2. The van der Waals surface area contributed by atoms with Gasteiger partial charge in [0.2, 0.25) is 0 Å². The number of aromatic amines is 1. The van der Waals surface area contributed by atoms with Crippen LogP contribution < -0.4 is 0 Å². The Morgan fingerprint density at radius 2 is 2.00 bits per heavy atom. The fourth-order valence-electron chi connectivity index (χ4n) is 3.29. The molecule has 4 heteroatoms. The summed E-state index contributed by atoms with van der Waals surface area (Å²) in [7, 11) is 0. The number of benzene rings is 1. The third-order valence-electron chi connectivity index (χ3n) is 4.29. The zero-order valence-corrected chi connectivity index (χ0v) is 12.3. The lowest BCUT2D eigenvalue weighted by Crippen LogP contribution is -2.47. The summed E-state index contributed by atoms with van der Waals surface area (Å²) in [5.74, 6) is 0.960. The van der Waals surface area contributed by atoms with Crippen molar-refractivity contribution in [1.29, 1.82) is 0 Å². The summed E-state index contributed by atoms with van der Waals surface area (Å²) < 4.78 is 0. The van der Waals surface area contributed by atoms with Gasteiger partial charge in [0.05, 0.1) is 11.1 Å². The molecule has 0 spiro atoms. The summed E-state index contributed by atoms with van der Waals surface area (Å²) in [6, 6.07) is 6.39. The first kappa shape index (κ1) is 13.2. The fourth-order valence-corrected chi connectivity index (χ4v) is 3.29. The molecule has 2 atom stereocenters. The van der Waals surface area contributed by atoms with Crippen LogP contribution in [-0.4, -0.2) is 32.9 Å². The number of hydrogen-bond acceptors (Lipinski definition) is 2. The number of para-hydroxylation sites is 1. The van der Waals surface area contributed by atoms with Crippen LogP contribution in [0.15, 0.2) is 18.2 Å². The lowest BCUT2D eigenvalue weighted by Gasteiger charge is -2.39. The number of aryl methyl sites for hydroxylation is 1. The maximum Gasteiger partial charge on any atom is 0.256 e. The molecule has 0 bridgehead atoms. The number of likely N-dealkylation sites (tertiary alicyclic amines) is 1. The zero-order chi connectivity index (χ0) is 14.3. The Balaban J connectivity index is 2.03.